The largest absolute Gasteiger partial charge is 0.485 e. The summed E-state index contributed by atoms with van der Waals surface area (Å²) in [5, 5.41) is 11.7. The Morgan fingerprint density at radius 3 is 3.00 bits per heavy atom. The minimum absolute atomic E-state index is 0.318. The molecule has 0 aliphatic heterocycles. The molecule has 3 rings (SSSR count). The molecule has 6 heteroatoms. The maximum absolute atomic E-state index is 6.08. The van der Waals surface area contributed by atoms with Gasteiger partial charge in [-0.15, -0.1) is 0 Å². The lowest BCUT2D eigenvalue weighted by molar-refractivity contribution is 0.286. The van der Waals surface area contributed by atoms with Gasteiger partial charge in [-0.25, -0.2) is 5.10 Å². The van der Waals surface area contributed by atoms with E-state index >= 15 is 0 Å². The third-order valence-corrected chi connectivity index (χ3v) is 4.83. The summed E-state index contributed by atoms with van der Waals surface area (Å²) in [5.41, 5.74) is 2.36. The van der Waals surface area contributed by atoms with E-state index in [0.717, 1.165) is 25.0 Å². The molecule has 5 nitrogen and oxygen atoms in total. The number of aromatic nitrogens is 3. The molecular weight excluding hydrogens is 344 g/mol. The maximum Gasteiger partial charge on any atom is 0.216 e. The van der Waals surface area contributed by atoms with E-state index in [-0.39, 0.29) is 0 Å². The van der Waals surface area contributed by atoms with Crippen LogP contribution < -0.4 is 4.74 Å². The number of allylic oxidation sites excluding steroid dienone is 2. The Bertz CT molecular complexity index is 863. The topological polar surface area (TPSA) is 55.2 Å². The summed E-state index contributed by atoms with van der Waals surface area (Å²) >= 11 is 5.32. The van der Waals surface area contributed by atoms with Crippen molar-refractivity contribution in [3.63, 3.8) is 0 Å². The zero-order chi connectivity index (χ0) is 18.5. The second-order valence-corrected chi connectivity index (χ2v) is 7.44. The van der Waals surface area contributed by atoms with Crippen molar-refractivity contribution in [2.24, 2.45) is 11.0 Å². The van der Waals surface area contributed by atoms with Crippen molar-refractivity contribution in [3.8, 4) is 5.75 Å². The van der Waals surface area contributed by atoms with Crippen LogP contribution in [0.3, 0.4) is 0 Å². The first kappa shape index (κ1) is 18.6. The molecule has 0 amide bonds. The van der Waals surface area contributed by atoms with Gasteiger partial charge in [-0.2, -0.15) is 14.9 Å². The van der Waals surface area contributed by atoms with Crippen molar-refractivity contribution in [2.75, 3.05) is 0 Å². The zero-order valence-corrected chi connectivity index (χ0v) is 16.4. The normalized spacial score (nSPS) is 17.3. The quantitative estimate of drug-likeness (QED) is 0.435. The fourth-order valence-electron chi connectivity index (χ4n) is 3.04. The number of hydrogen-bond donors (Lipinski definition) is 1. The van der Waals surface area contributed by atoms with Crippen LogP contribution in [0.25, 0.3) is 0 Å². The molecule has 2 aromatic rings. The Morgan fingerprint density at radius 2 is 2.27 bits per heavy atom. The van der Waals surface area contributed by atoms with Crippen LogP contribution in [0.15, 0.2) is 35.5 Å². The van der Waals surface area contributed by atoms with Gasteiger partial charge in [0.25, 0.3) is 0 Å². The Hall–Kier alpha value is -2.21. The van der Waals surface area contributed by atoms with Crippen LogP contribution in [0.5, 0.6) is 5.75 Å². The van der Waals surface area contributed by atoms with Crippen LogP contribution >= 0.6 is 12.2 Å². The van der Waals surface area contributed by atoms with Crippen LogP contribution in [0.2, 0.25) is 0 Å². The molecule has 138 valence electrons. The first-order chi connectivity index (χ1) is 12.5. The molecule has 0 fully saturated rings. The monoisotopic (exact) mass is 370 g/mol. The van der Waals surface area contributed by atoms with E-state index < -0.39 is 0 Å². The Morgan fingerprint density at radius 1 is 1.42 bits per heavy atom. The lowest BCUT2D eigenvalue weighted by Gasteiger charge is -2.15. The molecule has 1 aliphatic carbocycles. The number of ether oxygens (including phenoxy) is 1. The van der Waals surface area contributed by atoms with Crippen LogP contribution in [0.1, 0.15) is 56.0 Å². The number of aryl methyl sites for hydroxylation is 1. The summed E-state index contributed by atoms with van der Waals surface area (Å²) in [7, 11) is 0. The van der Waals surface area contributed by atoms with Crippen LogP contribution in [0, 0.1) is 17.6 Å². The number of nitrogens with zero attached hydrogens (tertiary/aromatic N) is 3. The van der Waals surface area contributed by atoms with E-state index in [9.17, 15) is 0 Å². The van der Waals surface area contributed by atoms with Gasteiger partial charge in [0.2, 0.25) is 4.77 Å². The highest BCUT2D eigenvalue weighted by Gasteiger charge is 2.12. The predicted octanol–water partition coefficient (Wildman–Crippen LogP) is 5.14. The lowest BCUT2D eigenvalue weighted by Crippen LogP contribution is -2.08. The van der Waals surface area contributed by atoms with E-state index in [4.69, 9.17) is 17.0 Å². The Labute approximate surface area is 159 Å². The molecular formula is C20H26N4OS. The fourth-order valence-corrected chi connectivity index (χ4v) is 3.23. The van der Waals surface area contributed by atoms with Crippen molar-refractivity contribution < 1.29 is 4.74 Å². The van der Waals surface area contributed by atoms with Crippen molar-refractivity contribution in [3.05, 3.63) is 52.1 Å². The minimum atomic E-state index is 0.318. The number of aromatic amines is 1. The summed E-state index contributed by atoms with van der Waals surface area (Å²) in [4.78, 5) is 0. The van der Waals surface area contributed by atoms with Gasteiger partial charge in [0.15, 0.2) is 5.82 Å². The number of H-pyrrole nitrogens is 1. The second-order valence-electron chi connectivity index (χ2n) is 7.05. The Balaban J connectivity index is 1.75. The molecule has 1 aromatic carbocycles. The summed E-state index contributed by atoms with van der Waals surface area (Å²) in [6.45, 7) is 6.71. The van der Waals surface area contributed by atoms with E-state index in [1.807, 2.05) is 6.21 Å². The van der Waals surface area contributed by atoms with Gasteiger partial charge in [0.1, 0.15) is 12.4 Å². The van der Waals surface area contributed by atoms with Crippen molar-refractivity contribution in [1.29, 1.82) is 0 Å². The molecule has 1 aliphatic rings. The van der Waals surface area contributed by atoms with Crippen molar-refractivity contribution in [2.45, 2.75) is 52.6 Å². The summed E-state index contributed by atoms with van der Waals surface area (Å²) in [6.07, 6.45) is 9.67. The first-order valence-electron chi connectivity index (χ1n) is 9.13. The third kappa shape index (κ3) is 4.49. The minimum Gasteiger partial charge on any atom is -0.485 e. The van der Waals surface area contributed by atoms with Gasteiger partial charge >= 0.3 is 0 Å². The molecule has 1 atom stereocenters. The number of benzene rings is 1. The molecule has 0 saturated carbocycles. The van der Waals surface area contributed by atoms with Gasteiger partial charge < -0.3 is 4.74 Å². The number of nitrogens with one attached hydrogen (secondary N) is 1. The van der Waals surface area contributed by atoms with E-state index in [1.54, 1.807) is 4.68 Å². The molecule has 0 unspecified atom stereocenters. The van der Waals surface area contributed by atoms with Crippen LogP contribution in [-0.2, 0) is 6.61 Å². The van der Waals surface area contributed by atoms with Gasteiger partial charge in [-0.05, 0) is 67.4 Å². The highest BCUT2D eigenvalue weighted by atomic mass is 32.1. The highest BCUT2D eigenvalue weighted by molar-refractivity contribution is 7.71. The van der Waals surface area contributed by atoms with E-state index in [2.05, 4.69) is 66.4 Å². The summed E-state index contributed by atoms with van der Waals surface area (Å²) < 4.78 is 8.23. The molecule has 1 N–H and O–H groups in total. The van der Waals surface area contributed by atoms with E-state index in [0.29, 0.717) is 29.0 Å². The molecule has 0 bridgehead atoms. The molecule has 26 heavy (non-hydrogen) atoms. The molecule has 1 heterocycles. The number of hydrogen-bond acceptors (Lipinski definition) is 4. The number of rotatable bonds is 6. The summed E-state index contributed by atoms with van der Waals surface area (Å²) in [6, 6.07) is 6.31. The lowest BCUT2D eigenvalue weighted by atomic mass is 9.96. The average Bonchev–Trinajstić information content (AvgIpc) is 2.98. The zero-order valence-electron chi connectivity index (χ0n) is 15.6. The highest BCUT2D eigenvalue weighted by Crippen LogP contribution is 2.28. The van der Waals surface area contributed by atoms with Gasteiger partial charge in [-0.1, -0.05) is 38.1 Å². The Kier molecular flexibility index (Phi) is 6.04. The van der Waals surface area contributed by atoms with Crippen molar-refractivity contribution in [1.82, 2.24) is 14.9 Å². The smallest absolute Gasteiger partial charge is 0.216 e. The van der Waals surface area contributed by atoms with Gasteiger partial charge in [-0.3, -0.25) is 0 Å². The van der Waals surface area contributed by atoms with Gasteiger partial charge in [0.05, 0.1) is 0 Å². The molecule has 0 spiro atoms. The average molecular weight is 371 g/mol. The fraction of sp³-hybridized carbons (Fsp3) is 0.450. The maximum atomic E-state index is 6.08. The molecule has 0 saturated heterocycles. The molecule has 1 aromatic heterocycles. The van der Waals surface area contributed by atoms with E-state index in [1.165, 1.54) is 11.1 Å². The summed E-state index contributed by atoms with van der Waals surface area (Å²) in [5.74, 6) is 2.41. The van der Waals surface area contributed by atoms with Gasteiger partial charge in [0, 0.05) is 6.21 Å². The van der Waals surface area contributed by atoms with Crippen molar-refractivity contribution >= 4 is 18.4 Å². The van der Waals surface area contributed by atoms with Crippen LogP contribution in [0.4, 0.5) is 0 Å². The SMILES string of the molecule is Cc1ccc(C(C)C)c(OCc2n[nH]c(=S)n2/N=C\[C@H]2CC=CCC2)c1. The second kappa shape index (κ2) is 8.45. The molecule has 0 radical (unpaired) electrons. The predicted molar refractivity (Wildman–Crippen MR) is 107 cm³/mol. The standard InChI is InChI=1S/C20H26N4OS/c1-14(2)17-10-9-15(3)11-18(17)25-13-19-22-23-20(26)24(19)21-12-16-7-5-4-6-8-16/h4-5,9-12,14,16H,6-8,13H2,1-3H3,(H,23,26)/b21-12-/t16-/m0/s1. The first-order valence-corrected chi connectivity index (χ1v) is 9.54. The third-order valence-electron chi connectivity index (χ3n) is 4.57. The van der Waals surface area contributed by atoms with Crippen LogP contribution in [-0.4, -0.2) is 21.1 Å².